The van der Waals surface area contributed by atoms with E-state index < -0.39 is 19.8 Å². The summed E-state index contributed by atoms with van der Waals surface area (Å²) in [7, 11) is -0.795. The molecule has 1 aromatic heterocycles. The summed E-state index contributed by atoms with van der Waals surface area (Å²) in [6.45, 7) is 7.15. The number of aromatic amines is 1. The quantitative estimate of drug-likeness (QED) is 0.186. The molecule has 0 saturated carbocycles. The molecule has 4 heterocycles. The number of aliphatic hydroxyl groups is 1. The molecule has 3 amide bonds. The minimum absolute atomic E-state index is 0.0627. The molecule has 2 fully saturated rings. The van der Waals surface area contributed by atoms with Crippen LogP contribution in [0.5, 0.6) is 5.75 Å². The summed E-state index contributed by atoms with van der Waals surface area (Å²) in [5.41, 5.74) is 2.29. The second kappa shape index (κ2) is 12.8. The van der Waals surface area contributed by atoms with Gasteiger partial charge in [0.15, 0.2) is 5.60 Å². The summed E-state index contributed by atoms with van der Waals surface area (Å²) in [5.74, 6) is -0.0205. The van der Waals surface area contributed by atoms with Crippen molar-refractivity contribution in [2.24, 2.45) is 5.92 Å². The van der Waals surface area contributed by atoms with Crippen LogP contribution < -0.4 is 20.6 Å². The largest absolute Gasteiger partial charge is 0.497 e. The number of carbonyl (C=O) groups is 3. The van der Waals surface area contributed by atoms with Crippen molar-refractivity contribution in [2.75, 3.05) is 30.9 Å². The highest BCUT2D eigenvalue weighted by atomic mass is 28.3. The van der Waals surface area contributed by atoms with Gasteiger partial charge in [-0.15, -0.1) is 0 Å². The Kier molecular flexibility index (Phi) is 8.62. The fourth-order valence-electron chi connectivity index (χ4n) is 8.71. The Morgan fingerprint density at radius 2 is 1.90 bits per heavy atom. The van der Waals surface area contributed by atoms with Crippen molar-refractivity contribution in [2.45, 2.75) is 69.0 Å². The lowest BCUT2D eigenvalue weighted by atomic mass is 9.82. The fraction of sp³-hybridized carbons (Fsp3) is 0.395. The lowest BCUT2D eigenvalue weighted by Crippen LogP contribution is -2.52. The molecule has 0 radical (unpaired) electrons. The van der Waals surface area contributed by atoms with Crippen molar-refractivity contribution in [1.29, 1.82) is 0 Å². The van der Waals surface area contributed by atoms with Gasteiger partial charge in [0.1, 0.15) is 5.75 Å². The molecule has 0 aliphatic carbocycles. The molecule has 0 unspecified atom stereocenters. The first-order valence-corrected chi connectivity index (χ1v) is 20.2. The van der Waals surface area contributed by atoms with E-state index >= 15 is 0 Å². The number of aliphatic hydroxyl groups excluding tert-OH is 1. The van der Waals surface area contributed by atoms with Gasteiger partial charge in [-0.1, -0.05) is 55.5 Å². The minimum Gasteiger partial charge on any atom is -0.497 e. The summed E-state index contributed by atoms with van der Waals surface area (Å²) in [6.07, 6.45) is 3.25. The molecule has 0 bridgehead atoms. The first-order valence-electron chi connectivity index (χ1n) is 17.1. The van der Waals surface area contributed by atoms with Crippen LogP contribution in [-0.2, 0) is 31.1 Å². The number of hydrogen-bond donors (Lipinski definition) is 4. The van der Waals surface area contributed by atoms with Gasteiger partial charge in [0.2, 0.25) is 11.8 Å². The number of likely N-dealkylation sites (tertiary alicyclic amines) is 1. The van der Waals surface area contributed by atoms with Crippen molar-refractivity contribution >= 4 is 53.3 Å². The van der Waals surface area contributed by atoms with Crippen molar-refractivity contribution < 1.29 is 29.0 Å². The number of nitrogens with zero attached hydrogens (tertiary/aromatic N) is 1. The number of ether oxygens (including phenoxy) is 2. The van der Waals surface area contributed by atoms with Gasteiger partial charge < -0.3 is 35.1 Å². The topological polar surface area (TPSA) is 133 Å². The first kappa shape index (κ1) is 33.1. The Morgan fingerprint density at radius 3 is 2.65 bits per heavy atom. The number of rotatable bonds is 9. The third kappa shape index (κ3) is 5.63. The van der Waals surface area contributed by atoms with Crippen LogP contribution in [0.1, 0.15) is 37.3 Å². The Morgan fingerprint density at radius 1 is 1.12 bits per heavy atom. The number of fused-ring (bicyclic) bond motifs is 3. The summed E-state index contributed by atoms with van der Waals surface area (Å²) in [6, 6.07) is 21.2. The molecule has 3 aromatic carbocycles. The highest BCUT2D eigenvalue weighted by Crippen LogP contribution is 2.59. The molecule has 3 aliphatic rings. The predicted molar refractivity (Wildman–Crippen MR) is 192 cm³/mol. The van der Waals surface area contributed by atoms with E-state index in [1.165, 1.54) is 5.19 Å². The molecule has 4 N–H and O–H groups in total. The van der Waals surface area contributed by atoms with E-state index in [1.807, 2.05) is 54.7 Å². The smallest absolute Gasteiger partial charge is 0.261 e. The van der Waals surface area contributed by atoms with Crippen molar-refractivity contribution in [3.63, 3.8) is 0 Å². The van der Waals surface area contributed by atoms with E-state index in [0.717, 1.165) is 35.1 Å². The van der Waals surface area contributed by atoms with Crippen molar-refractivity contribution in [3.8, 4) is 5.75 Å². The number of H-pyrrole nitrogens is 1. The zero-order valence-electron chi connectivity index (χ0n) is 28.4. The number of aromatic nitrogens is 1. The molecular formula is C38H44N4O6Si. The fourth-order valence-corrected chi connectivity index (χ4v) is 12.7. The Labute approximate surface area is 287 Å². The molecule has 4 aromatic rings. The van der Waals surface area contributed by atoms with E-state index in [4.69, 9.17) is 9.47 Å². The average molecular weight is 681 g/mol. The monoisotopic (exact) mass is 680 g/mol. The van der Waals surface area contributed by atoms with Crippen LogP contribution in [0.3, 0.4) is 0 Å². The lowest BCUT2D eigenvalue weighted by molar-refractivity contribution is -0.148. The van der Waals surface area contributed by atoms with Crippen LogP contribution in [0.4, 0.5) is 11.4 Å². The van der Waals surface area contributed by atoms with Gasteiger partial charge >= 0.3 is 0 Å². The number of amides is 3. The minimum atomic E-state index is -2.44. The third-order valence-corrected chi connectivity index (χ3v) is 15.5. The molecule has 3 aliphatic heterocycles. The molecule has 11 heteroatoms. The van der Waals surface area contributed by atoms with Gasteiger partial charge in [-0.3, -0.25) is 14.4 Å². The zero-order chi connectivity index (χ0) is 34.5. The van der Waals surface area contributed by atoms with Gasteiger partial charge in [0, 0.05) is 46.5 Å². The van der Waals surface area contributed by atoms with E-state index in [9.17, 15) is 19.5 Å². The van der Waals surface area contributed by atoms with Crippen LogP contribution in [0.25, 0.3) is 10.9 Å². The maximum atomic E-state index is 14.2. The number of carbonyl (C=O) groups excluding carboxylic acids is 3. The molecule has 49 heavy (non-hydrogen) atoms. The summed E-state index contributed by atoms with van der Waals surface area (Å²) in [4.78, 5) is 46.3. The second-order valence-corrected chi connectivity index (χ2v) is 18.9. The number of nitrogens with one attached hydrogen (secondary N) is 3. The highest BCUT2D eigenvalue weighted by Gasteiger charge is 2.65. The maximum Gasteiger partial charge on any atom is 0.261 e. The van der Waals surface area contributed by atoms with Gasteiger partial charge in [0.05, 0.1) is 46.8 Å². The molecule has 1 spiro atoms. The zero-order valence-corrected chi connectivity index (χ0v) is 29.4. The number of anilines is 2. The van der Waals surface area contributed by atoms with E-state index in [0.29, 0.717) is 23.5 Å². The molecule has 7 rings (SSSR count). The molecule has 256 valence electrons. The molecule has 10 nitrogen and oxygen atoms in total. The standard InChI is InChI=1S/C38H44N4O6Si/c1-23-36(49(3,4)28-14-12-27(47-2)13-15-28)33(20-35(45)42-17-7-8-26(42)22-43)48-38(23)30-19-25(11-16-32(30)41-37(38)46)40-34(44)18-24-21-39-31-10-6-5-9-29(24)31/h5-6,9-16,19,21,23,26,33,36,39,43H,7-8,17-18,20,22H2,1-4H3,(H,40,44)(H,41,46)/t23-,26+,33+,36-,38+/m1/s1. The third-order valence-electron chi connectivity index (χ3n) is 11.2. The van der Waals surface area contributed by atoms with Crippen molar-refractivity contribution in [3.05, 3.63) is 84.1 Å². The van der Waals surface area contributed by atoms with Gasteiger partial charge in [-0.2, -0.15) is 0 Å². The number of methoxy groups -OCH3 is 1. The Balaban J connectivity index is 1.22. The van der Waals surface area contributed by atoms with Gasteiger partial charge in [-0.05, 0) is 60.3 Å². The van der Waals surface area contributed by atoms with Crippen LogP contribution in [0, 0.1) is 5.92 Å². The van der Waals surface area contributed by atoms with E-state index in [2.05, 4.69) is 47.8 Å². The number of para-hydroxylation sites is 1. The van der Waals surface area contributed by atoms with Crippen molar-refractivity contribution in [1.82, 2.24) is 9.88 Å². The van der Waals surface area contributed by atoms with E-state index in [1.54, 1.807) is 18.1 Å². The summed E-state index contributed by atoms with van der Waals surface area (Å²) >= 11 is 0. The first-order chi connectivity index (χ1) is 23.6. The summed E-state index contributed by atoms with van der Waals surface area (Å²) in [5, 5.41) is 18.2. The molecule has 2 saturated heterocycles. The highest BCUT2D eigenvalue weighted by molar-refractivity contribution is 6.91. The summed E-state index contributed by atoms with van der Waals surface area (Å²) < 4.78 is 12.4. The predicted octanol–water partition coefficient (Wildman–Crippen LogP) is 4.90. The molecular weight excluding hydrogens is 637 g/mol. The lowest BCUT2D eigenvalue weighted by Gasteiger charge is -2.37. The van der Waals surface area contributed by atoms with Gasteiger partial charge in [-0.25, -0.2) is 0 Å². The average Bonchev–Trinajstić information content (AvgIpc) is 3.86. The van der Waals surface area contributed by atoms with Crippen LogP contribution in [0.15, 0.2) is 72.9 Å². The molecule has 5 atom stereocenters. The Hall–Kier alpha value is -4.45. The number of benzene rings is 3. The normalized spacial score (nSPS) is 24.8. The second-order valence-electron chi connectivity index (χ2n) is 14.2. The van der Waals surface area contributed by atoms with E-state index in [-0.39, 0.29) is 54.7 Å². The SMILES string of the molecule is COc1ccc([Si](C)(C)[C@H]2[C@H](CC(=O)N3CCC[C@H]3CO)O[C@@]3(C(=O)Nc4ccc(NC(=O)Cc5c[nH]c6ccccc56)cc43)[C@@H]2C)cc1. The van der Waals surface area contributed by atoms with Crippen LogP contribution in [-0.4, -0.2) is 73.2 Å². The number of hydrogen-bond acceptors (Lipinski definition) is 6. The van der Waals surface area contributed by atoms with Gasteiger partial charge in [0.25, 0.3) is 5.91 Å². The van der Waals surface area contributed by atoms with Crippen LogP contribution >= 0.6 is 0 Å². The Bertz CT molecular complexity index is 1910. The van der Waals surface area contributed by atoms with Crippen LogP contribution in [0.2, 0.25) is 18.6 Å². The maximum absolute atomic E-state index is 14.2.